The summed E-state index contributed by atoms with van der Waals surface area (Å²) in [7, 11) is 0. The van der Waals surface area contributed by atoms with Crippen LogP contribution in [-0.2, 0) is 0 Å². The SMILES string of the molecule is CC(Nc1ccc(C(=O)O)cc1)c1nc2ccccc2s1. The van der Waals surface area contributed by atoms with E-state index in [1.807, 2.05) is 25.1 Å². The molecule has 0 aliphatic rings. The lowest BCUT2D eigenvalue weighted by molar-refractivity contribution is 0.0697. The molecule has 0 fully saturated rings. The minimum Gasteiger partial charge on any atom is -0.478 e. The molecule has 1 atom stereocenters. The second kappa shape index (κ2) is 5.54. The highest BCUT2D eigenvalue weighted by Gasteiger charge is 2.11. The van der Waals surface area contributed by atoms with Crippen LogP contribution < -0.4 is 5.32 Å². The molecule has 5 heteroatoms. The van der Waals surface area contributed by atoms with Crippen LogP contribution in [0.15, 0.2) is 48.5 Å². The van der Waals surface area contributed by atoms with Crippen LogP contribution in [0, 0.1) is 0 Å². The standard InChI is InChI=1S/C16H14N2O2S/c1-10(15-18-13-4-2-3-5-14(13)21-15)17-12-8-6-11(7-9-12)16(19)20/h2-10,17H,1H3,(H,19,20). The quantitative estimate of drug-likeness (QED) is 0.759. The Labute approximate surface area is 126 Å². The highest BCUT2D eigenvalue weighted by molar-refractivity contribution is 7.18. The van der Waals surface area contributed by atoms with Crippen molar-refractivity contribution in [3.8, 4) is 0 Å². The van der Waals surface area contributed by atoms with Crippen molar-refractivity contribution in [3.05, 3.63) is 59.1 Å². The largest absolute Gasteiger partial charge is 0.478 e. The number of hydrogen-bond acceptors (Lipinski definition) is 4. The first-order valence-electron chi connectivity index (χ1n) is 6.59. The molecule has 21 heavy (non-hydrogen) atoms. The minimum atomic E-state index is -0.916. The average molecular weight is 298 g/mol. The number of benzene rings is 2. The molecule has 0 aliphatic heterocycles. The van der Waals surface area contributed by atoms with Gasteiger partial charge in [0.1, 0.15) is 5.01 Å². The fourth-order valence-corrected chi connectivity index (χ4v) is 3.07. The topological polar surface area (TPSA) is 62.2 Å². The highest BCUT2D eigenvalue weighted by atomic mass is 32.1. The van der Waals surface area contributed by atoms with Gasteiger partial charge in [0.25, 0.3) is 0 Å². The number of nitrogens with zero attached hydrogens (tertiary/aromatic N) is 1. The number of aromatic carboxylic acids is 1. The Kier molecular flexibility index (Phi) is 3.58. The van der Waals surface area contributed by atoms with E-state index in [9.17, 15) is 4.79 Å². The molecule has 0 spiro atoms. The number of carboxylic acids is 1. The zero-order valence-electron chi connectivity index (χ0n) is 11.4. The lowest BCUT2D eigenvalue weighted by Gasteiger charge is -2.12. The van der Waals surface area contributed by atoms with Crippen molar-refractivity contribution in [1.82, 2.24) is 4.98 Å². The van der Waals surface area contributed by atoms with Crippen molar-refractivity contribution in [2.75, 3.05) is 5.32 Å². The predicted octanol–water partition coefficient (Wildman–Crippen LogP) is 4.17. The van der Waals surface area contributed by atoms with Gasteiger partial charge in [0.2, 0.25) is 0 Å². The van der Waals surface area contributed by atoms with Crippen molar-refractivity contribution in [1.29, 1.82) is 0 Å². The Hall–Kier alpha value is -2.40. The zero-order valence-corrected chi connectivity index (χ0v) is 12.2. The van der Waals surface area contributed by atoms with Gasteiger partial charge >= 0.3 is 5.97 Å². The van der Waals surface area contributed by atoms with Crippen LogP contribution in [0.1, 0.15) is 28.3 Å². The Morgan fingerprint density at radius 2 is 1.90 bits per heavy atom. The third kappa shape index (κ3) is 2.87. The zero-order chi connectivity index (χ0) is 14.8. The number of aromatic nitrogens is 1. The van der Waals surface area contributed by atoms with Crippen molar-refractivity contribution in [3.63, 3.8) is 0 Å². The summed E-state index contributed by atoms with van der Waals surface area (Å²) in [5, 5.41) is 13.2. The van der Waals surface area contributed by atoms with Crippen LogP contribution in [0.2, 0.25) is 0 Å². The third-order valence-corrected chi connectivity index (χ3v) is 4.41. The first kappa shape index (κ1) is 13.6. The Morgan fingerprint density at radius 1 is 1.19 bits per heavy atom. The molecular formula is C16H14N2O2S. The van der Waals surface area contributed by atoms with Crippen LogP contribution in [0.3, 0.4) is 0 Å². The van der Waals surface area contributed by atoms with Crippen molar-refractivity contribution in [2.45, 2.75) is 13.0 Å². The fourth-order valence-electron chi connectivity index (χ4n) is 2.10. The van der Waals surface area contributed by atoms with Crippen LogP contribution in [0.4, 0.5) is 5.69 Å². The summed E-state index contributed by atoms with van der Waals surface area (Å²) in [5.74, 6) is -0.916. The molecule has 0 aliphatic carbocycles. The molecule has 3 rings (SSSR count). The van der Waals surface area contributed by atoms with Gasteiger partial charge in [-0.15, -0.1) is 11.3 Å². The van der Waals surface area contributed by atoms with Crippen LogP contribution >= 0.6 is 11.3 Å². The fraction of sp³-hybridized carbons (Fsp3) is 0.125. The number of para-hydroxylation sites is 1. The summed E-state index contributed by atoms with van der Waals surface area (Å²) >= 11 is 1.66. The van der Waals surface area contributed by atoms with Gasteiger partial charge in [-0.3, -0.25) is 0 Å². The molecule has 0 saturated carbocycles. The van der Waals surface area contributed by atoms with E-state index in [1.54, 1.807) is 35.6 Å². The van der Waals surface area contributed by atoms with E-state index in [0.29, 0.717) is 0 Å². The van der Waals surface area contributed by atoms with Gasteiger partial charge in [0.15, 0.2) is 0 Å². The smallest absolute Gasteiger partial charge is 0.335 e. The van der Waals surface area contributed by atoms with E-state index in [0.717, 1.165) is 16.2 Å². The van der Waals surface area contributed by atoms with Gasteiger partial charge in [-0.05, 0) is 43.3 Å². The third-order valence-electron chi connectivity index (χ3n) is 3.20. The maximum atomic E-state index is 10.8. The van der Waals surface area contributed by atoms with Gasteiger partial charge in [0.05, 0.1) is 21.8 Å². The lowest BCUT2D eigenvalue weighted by Crippen LogP contribution is -2.06. The first-order chi connectivity index (χ1) is 10.1. The van der Waals surface area contributed by atoms with Gasteiger partial charge in [-0.1, -0.05) is 12.1 Å². The molecule has 0 radical (unpaired) electrons. The lowest BCUT2D eigenvalue weighted by atomic mass is 10.2. The maximum absolute atomic E-state index is 10.8. The van der Waals surface area contributed by atoms with Gasteiger partial charge in [-0.25, -0.2) is 9.78 Å². The summed E-state index contributed by atoms with van der Waals surface area (Å²) in [5.41, 5.74) is 2.17. The van der Waals surface area contributed by atoms with Gasteiger partial charge in [-0.2, -0.15) is 0 Å². The number of anilines is 1. The maximum Gasteiger partial charge on any atom is 0.335 e. The molecule has 0 bridgehead atoms. The highest BCUT2D eigenvalue weighted by Crippen LogP contribution is 2.28. The normalized spacial score (nSPS) is 12.2. The Balaban J connectivity index is 1.78. The number of fused-ring (bicyclic) bond motifs is 1. The van der Waals surface area contributed by atoms with Crippen LogP contribution in [0.25, 0.3) is 10.2 Å². The predicted molar refractivity (Wildman–Crippen MR) is 85.1 cm³/mol. The molecule has 0 amide bonds. The molecule has 2 aromatic carbocycles. The van der Waals surface area contributed by atoms with Crippen molar-refractivity contribution in [2.24, 2.45) is 0 Å². The number of carbonyl (C=O) groups is 1. The number of rotatable bonds is 4. The molecule has 1 aromatic heterocycles. The summed E-state index contributed by atoms with van der Waals surface area (Å²) in [6.45, 7) is 2.04. The molecule has 2 N–H and O–H groups in total. The summed E-state index contributed by atoms with van der Waals surface area (Å²) in [6.07, 6.45) is 0. The van der Waals surface area contributed by atoms with E-state index < -0.39 is 5.97 Å². The number of thiazole rings is 1. The average Bonchev–Trinajstić information content (AvgIpc) is 2.92. The molecule has 1 heterocycles. The van der Waals surface area contributed by atoms with E-state index in [1.165, 1.54) is 4.70 Å². The molecule has 3 aromatic rings. The summed E-state index contributed by atoms with van der Waals surface area (Å²) in [6, 6.07) is 14.8. The van der Waals surface area contributed by atoms with E-state index >= 15 is 0 Å². The second-order valence-corrected chi connectivity index (χ2v) is 5.83. The van der Waals surface area contributed by atoms with Gasteiger partial charge < -0.3 is 10.4 Å². The summed E-state index contributed by atoms with van der Waals surface area (Å²) in [4.78, 5) is 15.4. The van der Waals surface area contributed by atoms with E-state index in [4.69, 9.17) is 5.11 Å². The summed E-state index contributed by atoms with van der Waals surface area (Å²) < 4.78 is 1.17. The minimum absolute atomic E-state index is 0.0677. The molecule has 0 saturated heterocycles. The Morgan fingerprint density at radius 3 is 2.57 bits per heavy atom. The number of nitrogens with one attached hydrogen (secondary N) is 1. The van der Waals surface area contributed by atoms with Crippen LogP contribution in [0.5, 0.6) is 0 Å². The van der Waals surface area contributed by atoms with E-state index in [-0.39, 0.29) is 11.6 Å². The van der Waals surface area contributed by atoms with E-state index in [2.05, 4.69) is 16.4 Å². The number of carboxylic acid groups (broad SMARTS) is 1. The number of hydrogen-bond donors (Lipinski definition) is 2. The Bertz CT molecular complexity index is 747. The van der Waals surface area contributed by atoms with Crippen molar-refractivity contribution < 1.29 is 9.90 Å². The first-order valence-corrected chi connectivity index (χ1v) is 7.40. The van der Waals surface area contributed by atoms with Crippen molar-refractivity contribution >= 4 is 33.2 Å². The monoisotopic (exact) mass is 298 g/mol. The molecule has 4 nitrogen and oxygen atoms in total. The molecule has 1 unspecified atom stereocenters. The molecular weight excluding hydrogens is 284 g/mol. The van der Waals surface area contributed by atoms with Crippen LogP contribution in [-0.4, -0.2) is 16.1 Å². The molecule has 106 valence electrons. The van der Waals surface area contributed by atoms with Gasteiger partial charge in [0, 0.05) is 5.69 Å². The second-order valence-electron chi connectivity index (χ2n) is 4.77.